The van der Waals surface area contributed by atoms with Gasteiger partial charge in [0.1, 0.15) is 36.0 Å². The summed E-state index contributed by atoms with van der Waals surface area (Å²) in [6, 6.07) is 0. The largest absolute Gasteiger partial charge is 0.394 e. The Morgan fingerprint density at radius 1 is 1.27 bits per heavy atom. The van der Waals surface area contributed by atoms with Crippen LogP contribution < -0.4 is 22.3 Å². The minimum Gasteiger partial charge on any atom is -0.394 e. The third-order valence-electron chi connectivity index (χ3n) is 6.85. The zero-order chi connectivity index (χ0) is 29.1. The zero-order valence-electron chi connectivity index (χ0n) is 20.9. The van der Waals surface area contributed by atoms with Crippen LogP contribution in [0, 0.1) is 0 Å². The maximum absolute atomic E-state index is 15.1. The molecule has 222 valence electrons. The van der Waals surface area contributed by atoms with Gasteiger partial charge in [-0.3, -0.25) is 23.9 Å². The molecule has 41 heavy (non-hydrogen) atoms. The second-order valence-corrected chi connectivity index (χ2v) is 12.3. The summed E-state index contributed by atoms with van der Waals surface area (Å²) < 4.78 is 40.5. The monoisotopic (exact) mass is 616 g/mol. The summed E-state index contributed by atoms with van der Waals surface area (Å²) in [5.41, 5.74) is 11.4. The van der Waals surface area contributed by atoms with Crippen molar-refractivity contribution in [3.05, 3.63) is 28.7 Å². The highest BCUT2D eigenvalue weighted by molar-refractivity contribution is 8.07. The van der Waals surface area contributed by atoms with E-state index in [1.54, 1.807) is 0 Å². The number of rotatable bonds is 8. The Balaban J connectivity index is 1.15. The van der Waals surface area contributed by atoms with Gasteiger partial charge in [-0.25, -0.2) is 14.4 Å². The molecule has 0 bridgehead atoms. The molecule has 3 aliphatic heterocycles. The van der Waals surface area contributed by atoms with Crippen molar-refractivity contribution in [2.75, 3.05) is 24.3 Å². The van der Waals surface area contributed by atoms with Gasteiger partial charge in [0.05, 0.1) is 38.3 Å². The summed E-state index contributed by atoms with van der Waals surface area (Å²) in [6.07, 6.45) is -5.45. The van der Waals surface area contributed by atoms with Crippen LogP contribution in [0.2, 0.25) is 0 Å². The van der Waals surface area contributed by atoms with Crippen LogP contribution in [0.4, 0.5) is 16.2 Å². The predicted octanol–water partition coefficient (Wildman–Crippen LogP) is -1.50. The smallest absolute Gasteiger partial charge is 0.325 e. The van der Waals surface area contributed by atoms with Gasteiger partial charge in [-0.1, -0.05) is 0 Å². The quantitative estimate of drug-likeness (QED) is 0.142. The van der Waals surface area contributed by atoms with Crippen LogP contribution in [0.1, 0.15) is 30.7 Å². The molecule has 0 aromatic carbocycles. The molecule has 3 aromatic rings. The molecule has 2 saturated heterocycles. The Labute approximate surface area is 234 Å². The first-order valence-corrected chi connectivity index (χ1v) is 14.9. The number of nitrogens with two attached hydrogens (primary N) is 2. The van der Waals surface area contributed by atoms with E-state index in [0.29, 0.717) is 11.5 Å². The van der Waals surface area contributed by atoms with Gasteiger partial charge in [0.2, 0.25) is 5.95 Å². The van der Waals surface area contributed by atoms with Crippen molar-refractivity contribution in [2.24, 2.45) is 10.7 Å². The van der Waals surface area contributed by atoms with Crippen molar-refractivity contribution in [3.8, 4) is 0 Å². The van der Waals surface area contributed by atoms with E-state index in [1.807, 2.05) is 0 Å². The van der Waals surface area contributed by atoms with E-state index in [0.717, 1.165) is 0 Å². The Morgan fingerprint density at radius 2 is 2.05 bits per heavy atom. The van der Waals surface area contributed by atoms with E-state index in [2.05, 4.69) is 30.2 Å². The Hall–Kier alpha value is -2.91. The van der Waals surface area contributed by atoms with Crippen molar-refractivity contribution in [1.29, 1.82) is 0 Å². The van der Waals surface area contributed by atoms with Crippen molar-refractivity contribution in [1.82, 2.24) is 29.1 Å². The van der Waals surface area contributed by atoms with E-state index >= 15 is 4.39 Å². The molecule has 18 nitrogen and oxygen atoms in total. The Bertz CT molecular complexity index is 1580. The first-order chi connectivity index (χ1) is 19.6. The highest BCUT2D eigenvalue weighted by atomic mass is 32.5. The molecule has 2 unspecified atom stereocenters. The second-order valence-electron chi connectivity index (χ2n) is 9.50. The van der Waals surface area contributed by atoms with Crippen molar-refractivity contribution < 1.29 is 38.0 Å². The summed E-state index contributed by atoms with van der Waals surface area (Å²) in [5.74, 6) is 0.206. The van der Waals surface area contributed by atoms with E-state index in [9.17, 15) is 19.9 Å². The molecule has 6 rings (SSSR count). The highest BCUT2D eigenvalue weighted by Gasteiger charge is 2.47. The lowest BCUT2D eigenvalue weighted by Gasteiger charge is -2.25. The number of nitrogens with zero attached hydrogens (tertiary/aromatic N) is 6. The molecular formula is C20H26FN10O8PS. The van der Waals surface area contributed by atoms with Gasteiger partial charge in [-0.15, -0.1) is 0 Å². The lowest BCUT2D eigenvalue weighted by Crippen LogP contribution is -2.31. The van der Waals surface area contributed by atoms with Gasteiger partial charge in [-0.2, -0.15) is 4.98 Å². The molecule has 9 atom stereocenters. The normalized spacial score (nSPS) is 32.7. The van der Waals surface area contributed by atoms with Crippen LogP contribution >= 0.6 is 6.72 Å². The SMILES string of the molecule is Nc1nc2c(ncn2[C@@H]2O[C@H](CO)C[C@H]2OP(O)(=S)OC[C@H]2O[C@@H](n3cnc4c3NC=NC4N)[C@@H](F)[C@@H]2O)c(=O)[nH]1. The van der Waals surface area contributed by atoms with E-state index in [1.165, 1.54) is 28.1 Å². The number of aromatic amines is 1. The summed E-state index contributed by atoms with van der Waals surface area (Å²) in [5, 5.41) is 23.0. The minimum atomic E-state index is -4.06. The number of aliphatic imine (C=N–C) groups is 1. The molecule has 3 aromatic heterocycles. The molecule has 0 radical (unpaired) electrons. The first-order valence-electron chi connectivity index (χ1n) is 12.3. The molecule has 3 aliphatic rings. The van der Waals surface area contributed by atoms with Crippen LogP contribution in [0.5, 0.6) is 0 Å². The number of aromatic nitrogens is 6. The average molecular weight is 617 g/mol. The number of aliphatic hydroxyl groups excluding tert-OH is 2. The van der Waals surface area contributed by atoms with Gasteiger partial charge in [0.15, 0.2) is 29.8 Å². The van der Waals surface area contributed by atoms with Crippen molar-refractivity contribution in [3.63, 3.8) is 0 Å². The lowest BCUT2D eigenvalue weighted by atomic mass is 10.1. The summed E-state index contributed by atoms with van der Waals surface area (Å²) >= 11 is 5.18. The van der Waals surface area contributed by atoms with Crippen molar-refractivity contribution in [2.45, 2.75) is 55.6 Å². The summed E-state index contributed by atoms with van der Waals surface area (Å²) in [4.78, 5) is 41.6. The number of nitrogens with one attached hydrogen (secondary N) is 2. The number of halogens is 1. The maximum atomic E-state index is 15.1. The number of anilines is 2. The number of hydrogen-bond donors (Lipinski definition) is 7. The van der Waals surface area contributed by atoms with Gasteiger partial charge in [0, 0.05) is 6.42 Å². The van der Waals surface area contributed by atoms with E-state index in [-0.39, 0.29) is 30.1 Å². The summed E-state index contributed by atoms with van der Waals surface area (Å²) in [7, 11) is 0. The predicted molar refractivity (Wildman–Crippen MR) is 142 cm³/mol. The number of alkyl halides is 1. The van der Waals surface area contributed by atoms with Crippen LogP contribution in [-0.2, 0) is 30.3 Å². The van der Waals surface area contributed by atoms with Gasteiger partial charge >= 0.3 is 6.72 Å². The van der Waals surface area contributed by atoms with E-state index < -0.39 is 68.1 Å². The Kier molecular flexibility index (Phi) is 7.39. The fourth-order valence-electron chi connectivity index (χ4n) is 4.92. The number of fused-ring (bicyclic) bond motifs is 2. The number of ether oxygens (including phenoxy) is 2. The molecule has 2 fully saturated rings. The highest BCUT2D eigenvalue weighted by Crippen LogP contribution is 2.50. The Morgan fingerprint density at radius 3 is 2.83 bits per heavy atom. The van der Waals surface area contributed by atoms with E-state index in [4.69, 9.17) is 41.8 Å². The molecule has 6 heterocycles. The minimum absolute atomic E-state index is 0.0139. The molecule has 0 saturated carbocycles. The van der Waals surface area contributed by atoms with Gasteiger partial charge in [-0.05, 0) is 11.8 Å². The molecular weight excluding hydrogens is 590 g/mol. The van der Waals surface area contributed by atoms with Gasteiger partial charge < -0.3 is 50.4 Å². The standard InChI is InChI=1S/C20H26FN10O8PS/c21-10-13(33)9(38-19(10)30-5-26-11-14(22)24-4-25-15(11)30)3-36-40(35,41)39-8-1-7(2-32)37-18(8)31-6-27-12-16(31)28-20(23)29-17(12)34/h4-10,13-14,18-19,32-33H,1-3,22H2,(H,24,25)(H,35,41)(H3,23,28,29,34)/t7-,8+,9+,10-,13+,14?,18+,19+,40?/m0/s1. The molecule has 21 heteroatoms. The van der Waals surface area contributed by atoms with Crippen LogP contribution in [0.3, 0.4) is 0 Å². The van der Waals surface area contributed by atoms with Crippen molar-refractivity contribution >= 4 is 47.8 Å². The molecule has 0 amide bonds. The molecule has 0 aliphatic carbocycles. The molecule has 0 spiro atoms. The van der Waals surface area contributed by atoms with Crippen LogP contribution in [-0.4, -0.2) is 94.3 Å². The number of H-pyrrole nitrogens is 1. The average Bonchev–Trinajstić information content (AvgIpc) is 3.69. The number of aliphatic hydroxyl groups is 2. The van der Waals surface area contributed by atoms with Crippen LogP contribution in [0.15, 0.2) is 22.4 Å². The molecule has 9 N–H and O–H groups in total. The topological polar surface area (TPSA) is 255 Å². The van der Waals surface area contributed by atoms with Crippen LogP contribution in [0.25, 0.3) is 11.2 Å². The summed E-state index contributed by atoms with van der Waals surface area (Å²) in [6.45, 7) is -4.95. The lowest BCUT2D eigenvalue weighted by molar-refractivity contribution is -0.0554. The second kappa shape index (κ2) is 10.7. The third kappa shape index (κ3) is 5.16. The number of imidazole rings is 2. The van der Waals surface area contributed by atoms with Gasteiger partial charge in [0.25, 0.3) is 5.56 Å². The first kappa shape index (κ1) is 28.2. The fourth-order valence-corrected chi connectivity index (χ4v) is 6.36. The third-order valence-corrected chi connectivity index (χ3v) is 8.44. The maximum Gasteiger partial charge on any atom is 0.325 e. The number of hydrogen-bond acceptors (Lipinski definition) is 15. The number of nitrogen functional groups attached to an aromatic ring is 1. The fraction of sp³-hybridized carbons (Fsp3) is 0.550. The zero-order valence-corrected chi connectivity index (χ0v) is 22.6.